The number of aryl methyl sites for hydroxylation is 2. The highest BCUT2D eigenvalue weighted by Crippen LogP contribution is 2.18. The van der Waals surface area contributed by atoms with Crippen LogP contribution in [0.4, 0.5) is 5.69 Å². The standard InChI is InChI=1S/C12H18N4OS/c1-8-5-4-6-9(2)11(8)14-7-10(17)15-16-12(18)13-3/h4-6,14H,7H2,1-3H3,(H,15,17)(H2,13,16,18). The first-order valence-electron chi connectivity index (χ1n) is 5.61. The molecular weight excluding hydrogens is 248 g/mol. The van der Waals surface area contributed by atoms with Gasteiger partial charge in [-0.1, -0.05) is 18.2 Å². The van der Waals surface area contributed by atoms with Gasteiger partial charge in [-0.2, -0.15) is 0 Å². The van der Waals surface area contributed by atoms with E-state index in [0.29, 0.717) is 5.11 Å². The zero-order valence-electron chi connectivity index (χ0n) is 10.8. The maximum atomic E-state index is 11.5. The second-order valence-corrected chi connectivity index (χ2v) is 4.28. The summed E-state index contributed by atoms with van der Waals surface area (Å²) in [5.74, 6) is -0.185. The molecule has 0 radical (unpaired) electrons. The van der Waals surface area contributed by atoms with Crippen LogP contribution in [0.5, 0.6) is 0 Å². The van der Waals surface area contributed by atoms with E-state index in [1.54, 1.807) is 7.05 Å². The summed E-state index contributed by atoms with van der Waals surface area (Å²) >= 11 is 4.84. The van der Waals surface area contributed by atoms with Crippen molar-refractivity contribution in [1.29, 1.82) is 0 Å². The van der Waals surface area contributed by atoms with E-state index < -0.39 is 0 Å². The summed E-state index contributed by atoms with van der Waals surface area (Å²) in [6, 6.07) is 5.99. The summed E-state index contributed by atoms with van der Waals surface area (Å²) in [6.45, 7) is 4.19. The molecule has 1 aromatic carbocycles. The summed E-state index contributed by atoms with van der Waals surface area (Å²) in [4.78, 5) is 11.5. The zero-order valence-corrected chi connectivity index (χ0v) is 11.6. The molecule has 0 aliphatic heterocycles. The largest absolute Gasteiger partial charge is 0.376 e. The van der Waals surface area contributed by atoms with Gasteiger partial charge in [-0.3, -0.25) is 15.6 Å². The van der Waals surface area contributed by atoms with Crippen LogP contribution in [0.25, 0.3) is 0 Å². The Bertz CT molecular complexity index is 427. The Labute approximate surface area is 112 Å². The van der Waals surface area contributed by atoms with Crippen molar-refractivity contribution in [1.82, 2.24) is 16.2 Å². The highest BCUT2D eigenvalue weighted by molar-refractivity contribution is 7.80. The Morgan fingerprint density at radius 3 is 2.39 bits per heavy atom. The van der Waals surface area contributed by atoms with Gasteiger partial charge in [-0.05, 0) is 37.2 Å². The van der Waals surface area contributed by atoms with E-state index in [1.165, 1.54) is 0 Å². The highest BCUT2D eigenvalue weighted by atomic mass is 32.1. The normalized spacial score (nSPS) is 9.50. The molecule has 0 heterocycles. The molecular formula is C12H18N4OS. The number of thiocarbonyl (C=S) groups is 1. The van der Waals surface area contributed by atoms with Crippen LogP contribution in [0, 0.1) is 13.8 Å². The minimum atomic E-state index is -0.185. The van der Waals surface area contributed by atoms with Crippen molar-refractivity contribution in [2.45, 2.75) is 13.8 Å². The fourth-order valence-corrected chi connectivity index (χ4v) is 1.55. The van der Waals surface area contributed by atoms with Crippen molar-refractivity contribution >= 4 is 28.9 Å². The Balaban J connectivity index is 2.45. The van der Waals surface area contributed by atoms with E-state index in [2.05, 4.69) is 21.5 Å². The SMILES string of the molecule is CNC(=S)NNC(=O)CNc1c(C)cccc1C. The van der Waals surface area contributed by atoms with Crippen LogP contribution in [0.1, 0.15) is 11.1 Å². The average molecular weight is 266 g/mol. The van der Waals surface area contributed by atoms with Gasteiger partial charge < -0.3 is 10.6 Å². The lowest BCUT2D eigenvalue weighted by Crippen LogP contribution is -2.47. The number of para-hydroxylation sites is 1. The molecule has 18 heavy (non-hydrogen) atoms. The first-order chi connectivity index (χ1) is 8.54. The monoisotopic (exact) mass is 266 g/mol. The molecule has 0 aromatic heterocycles. The van der Waals surface area contributed by atoms with Crippen LogP contribution in [0.3, 0.4) is 0 Å². The number of hydrogen-bond donors (Lipinski definition) is 4. The minimum Gasteiger partial charge on any atom is -0.376 e. The summed E-state index contributed by atoms with van der Waals surface area (Å²) in [7, 11) is 1.68. The molecule has 5 nitrogen and oxygen atoms in total. The number of amides is 1. The molecule has 0 spiro atoms. The summed E-state index contributed by atoms with van der Waals surface area (Å²) < 4.78 is 0. The lowest BCUT2D eigenvalue weighted by Gasteiger charge is -2.13. The zero-order chi connectivity index (χ0) is 13.5. The molecule has 1 aromatic rings. The molecule has 1 amide bonds. The van der Waals surface area contributed by atoms with E-state index in [0.717, 1.165) is 16.8 Å². The van der Waals surface area contributed by atoms with Gasteiger partial charge in [-0.25, -0.2) is 0 Å². The van der Waals surface area contributed by atoms with Crippen LogP contribution in [-0.4, -0.2) is 24.6 Å². The van der Waals surface area contributed by atoms with Crippen LogP contribution >= 0.6 is 12.2 Å². The van der Waals surface area contributed by atoms with Crippen LogP contribution in [-0.2, 0) is 4.79 Å². The van der Waals surface area contributed by atoms with Gasteiger partial charge in [0, 0.05) is 12.7 Å². The van der Waals surface area contributed by atoms with Gasteiger partial charge in [-0.15, -0.1) is 0 Å². The number of anilines is 1. The van der Waals surface area contributed by atoms with Crippen LogP contribution < -0.4 is 21.5 Å². The minimum absolute atomic E-state index is 0.185. The third-order valence-corrected chi connectivity index (χ3v) is 2.76. The third-order valence-electron chi connectivity index (χ3n) is 2.45. The predicted molar refractivity (Wildman–Crippen MR) is 77.3 cm³/mol. The van der Waals surface area contributed by atoms with Gasteiger partial charge in [0.2, 0.25) is 0 Å². The Hall–Kier alpha value is -1.82. The lowest BCUT2D eigenvalue weighted by molar-refractivity contribution is -0.119. The number of benzene rings is 1. The van der Waals surface area contributed by atoms with E-state index in [-0.39, 0.29) is 12.5 Å². The lowest BCUT2D eigenvalue weighted by atomic mass is 10.1. The Morgan fingerprint density at radius 1 is 1.22 bits per heavy atom. The molecule has 0 saturated carbocycles. The number of hydrogen-bond acceptors (Lipinski definition) is 3. The molecule has 6 heteroatoms. The maximum Gasteiger partial charge on any atom is 0.257 e. The Kier molecular flexibility index (Phi) is 5.38. The van der Waals surface area contributed by atoms with E-state index >= 15 is 0 Å². The van der Waals surface area contributed by atoms with E-state index in [1.807, 2.05) is 32.0 Å². The number of hydrazine groups is 1. The Morgan fingerprint density at radius 2 is 1.83 bits per heavy atom. The van der Waals surface area contributed by atoms with Crippen molar-refractivity contribution in [3.63, 3.8) is 0 Å². The quantitative estimate of drug-likeness (QED) is 0.482. The number of carbonyl (C=O) groups is 1. The van der Waals surface area contributed by atoms with E-state index in [4.69, 9.17) is 12.2 Å². The fourth-order valence-electron chi connectivity index (χ4n) is 1.50. The molecule has 0 unspecified atom stereocenters. The van der Waals surface area contributed by atoms with Gasteiger partial charge in [0.25, 0.3) is 5.91 Å². The molecule has 0 bridgehead atoms. The van der Waals surface area contributed by atoms with Crippen molar-refractivity contribution < 1.29 is 4.79 Å². The molecule has 0 aliphatic carbocycles. The van der Waals surface area contributed by atoms with Gasteiger partial charge in [0.1, 0.15) is 0 Å². The smallest absolute Gasteiger partial charge is 0.257 e. The summed E-state index contributed by atoms with van der Waals surface area (Å²) in [6.07, 6.45) is 0. The highest BCUT2D eigenvalue weighted by Gasteiger charge is 2.04. The average Bonchev–Trinajstić information content (AvgIpc) is 2.35. The summed E-state index contributed by atoms with van der Waals surface area (Å²) in [5.41, 5.74) is 8.28. The molecule has 0 aliphatic rings. The van der Waals surface area contributed by atoms with Crippen molar-refractivity contribution in [3.8, 4) is 0 Å². The van der Waals surface area contributed by atoms with Crippen LogP contribution in [0.2, 0.25) is 0 Å². The molecule has 98 valence electrons. The second kappa shape index (κ2) is 6.80. The van der Waals surface area contributed by atoms with Gasteiger partial charge in [0.05, 0.1) is 6.54 Å². The molecule has 4 N–H and O–H groups in total. The number of nitrogens with one attached hydrogen (secondary N) is 4. The van der Waals surface area contributed by atoms with Crippen LogP contribution in [0.15, 0.2) is 18.2 Å². The van der Waals surface area contributed by atoms with E-state index in [9.17, 15) is 4.79 Å². The maximum absolute atomic E-state index is 11.5. The molecule has 0 atom stereocenters. The fraction of sp³-hybridized carbons (Fsp3) is 0.333. The number of rotatable bonds is 3. The predicted octanol–water partition coefficient (Wildman–Crippen LogP) is 0.840. The first kappa shape index (κ1) is 14.2. The van der Waals surface area contributed by atoms with Gasteiger partial charge >= 0.3 is 0 Å². The topological polar surface area (TPSA) is 65.2 Å². The number of carbonyl (C=O) groups excluding carboxylic acids is 1. The van der Waals surface area contributed by atoms with Crippen molar-refractivity contribution in [2.75, 3.05) is 18.9 Å². The third kappa shape index (κ3) is 4.21. The second-order valence-electron chi connectivity index (χ2n) is 3.87. The van der Waals surface area contributed by atoms with Gasteiger partial charge in [0.15, 0.2) is 5.11 Å². The molecule has 0 saturated heterocycles. The molecule has 1 rings (SSSR count). The first-order valence-corrected chi connectivity index (χ1v) is 6.02. The molecule has 0 fully saturated rings. The summed E-state index contributed by atoms with van der Waals surface area (Å²) in [5, 5.41) is 6.18. The van der Waals surface area contributed by atoms with Crippen molar-refractivity contribution in [3.05, 3.63) is 29.3 Å². The van der Waals surface area contributed by atoms with Crippen molar-refractivity contribution in [2.24, 2.45) is 0 Å².